The standard InChI is InChI=1S/C19H22ClFN2O3S/c1-3-11-22-19(24)13-23(12-16-17(20)5-4-6-18(16)21)27(25,26)15-9-7-14(2)8-10-15/h4-10H,3,11-13H2,1-2H3,(H,22,24). The first-order valence-corrected chi connectivity index (χ1v) is 10.3. The van der Waals surface area contributed by atoms with Gasteiger partial charge in [-0.05, 0) is 37.6 Å². The van der Waals surface area contributed by atoms with Crippen molar-refractivity contribution in [3.8, 4) is 0 Å². The predicted octanol–water partition coefficient (Wildman–Crippen LogP) is 3.50. The molecule has 0 aliphatic rings. The summed E-state index contributed by atoms with van der Waals surface area (Å²) < 4.78 is 41.2. The van der Waals surface area contributed by atoms with Crippen molar-refractivity contribution in [3.63, 3.8) is 0 Å². The zero-order valence-electron chi connectivity index (χ0n) is 15.2. The van der Waals surface area contributed by atoms with E-state index < -0.39 is 28.3 Å². The molecule has 8 heteroatoms. The third-order valence-corrected chi connectivity index (χ3v) is 6.11. The average molecular weight is 413 g/mol. The largest absolute Gasteiger partial charge is 0.355 e. The maximum atomic E-state index is 14.2. The first-order chi connectivity index (χ1) is 12.8. The molecule has 0 aliphatic carbocycles. The molecule has 0 heterocycles. The fourth-order valence-electron chi connectivity index (χ4n) is 2.43. The van der Waals surface area contributed by atoms with Crippen LogP contribution >= 0.6 is 11.6 Å². The molecule has 0 fully saturated rings. The number of hydrogen-bond acceptors (Lipinski definition) is 3. The second-order valence-electron chi connectivity index (χ2n) is 6.14. The normalized spacial score (nSPS) is 11.6. The smallest absolute Gasteiger partial charge is 0.243 e. The van der Waals surface area contributed by atoms with E-state index in [1.54, 1.807) is 12.1 Å². The van der Waals surface area contributed by atoms with Crippen LogP contribution in [0.25, 0.3) is 0 Å². The molecule has 0 bridgehead atoms. The van der Waals surface area contributed by atoms with Crippen molar-refractivity contribution in [2.45, 2.75) is 31.7 Å². The number of sulfonamides is 1. The van der Waals surface area contributed by atoms with Crippen LogP contribution in [0.4, 0.5) is 4.39 Å². The lowest BCUT2D eigenvalue weighted by molar-refractivity contribution is -0.121. The summed E-state index contributed by atoms with van der Waals surface area (Å²) in [4.78, 5) is 12.2. The van der Waals surface area contributed by atoms with Gasteiger partial charge >= 0.3 is 0 Å². The molecule has 1 amide bonds. The molecule has 146 valence electrons. The van der Waals surface area contributed by atoms with Gasteiger partial charge in [0, 0.05) is 23.7 Å². The molecule has 27 heavy (non-hydrogen) atoms. The van der Waals surface area contributed by atoms with Gasteiger partial charge in [0.25, 0.3) is 0 Å². The molecule has 2 rings (SSSR count). The van der Waals surface area contributed by atoms with E-state index in [-0.39, 0.29) is 22.0 Å². The highest BCUT2D eigenvalue weighted by Gasteiger charge is 2.28. The number of rotatable bonds is 8. The number of carbonyl (C=O) groups is 1. The summed E-state index contributed by atoms with van der Waals surface area (Å²) in [5, 5.41) is 2.74. The summed E-state index contributed by atoms with van der Waals surface area (Å²) >= 11 is 6.05. The highest BCUT2D eigenvalue weighted by Crippen LogP contribution is 2.24. The predicted molar refractivity (Wildman–Crippen MR) is 103 cm³/mol. The Morgan fingerprint density at radius 3 is 2.44 bits per heavy atom. The molecule has 5 nitrogen and oxygen atoms in total. The van der Waals surface area contributed by atoms with Gasteiger partial charge in [0.2, 0.25) is 15.9 Å². The lowest BCUT2D eigenvalue weighted by atomic mass is 10.2. The van der Waals surface area contributed by atoms with Crippen LogP contribution in [0.2, 0.25) is 5.02 Å². The van der Waals surface area contributed by atoms with Gasteiger partial charge in [-0.3, -0.25) is 4.79 Å². The Morgan fingerprint density at radius 2 is 1.85 bits per heavy atom. The topological polar surface area (TPSA) is 66.5 Å². The number of amides is 1. The molecule has 0 aliphatic heterocycles. The Hall–Kier alpha value is -1.96. The van der Waals surface area contributed by atoms with Crippen LogP contribution in [0.3, 0.4) is 0 Å². The van der Waals surface area contributed by atoms with E-state index in [1.807, 2.05) is 13.8 Å². The number of halogens is 2. The fourth-order valence-corrected chi connectivity index (χ4v) is 4.01. The SMILES string of the molecule is CCCNC(=O)CN(Cc1c(F)cccc1Cl)S(=O)(=O)c1ccc(C)cc1. The zero-order chi connectivity index (χ0) is 20.0. The molecule has 0 saturated heterocycles. The van der Waals surface area contributed by atoms with Gasteiger partial charge in [-0.25, -0.2) is 12.8 Å². The number of aryl methyl sites for hydroxylation is 1. The summed E-state index contributed by atoms with van der Waals surface area (Å²) in [6, 6.07) is 10.4. The molecule has 0 saturated carbocycles. The molecule has 0 unspecified atom stereocenters. The van der Waals surface area contributed by atoms with Crippen LogP contribution < -0.4 is 5.32 Å². The maximum absolute atomic E-state index is 14.2. The van der Waals surface area contributed by atoms with Gasteiger partial charge in [-0.1, -0.05) is 42.3 Å². The third kappa shape index (κ3) is 5.51. The van der Waals surface area contributed by atoms with E-state index in [4.69, 9.17) is 11.6 Å². The Kier molecular flexibility index (Phi) is 7.35. The van der Waals surface area contributed by atoms with Gasteiger partial charge in [0.15, 0.2) is 0 Å². The van der Waals surface area contributed by atoms with Crippen LogP contribution in [0.5, 0.6) is 0 Å². The molecule has 0 spiro atoms. The molecular formula is C19H22ClFN2O3S. The number of carbonyl (C=O) groups excluding carboxylic acids is 1. The second-order valence-corrected chi connectivity index (χ2v) is 8.48. The maximum Gasteiger partial charge on any atom is 0.243 e. The highest BCUT2D eigenvalue weighted by atomic mass is 35.5. The van der Waals surface area contributed by atoms with E-state index in [1.165, 1.54) is 30.3 Å². The average Bonchev–Trinajstić information content (AvgIpc) is 2.62. The Morgan fingerprint density at radius 1 is 1.19 bits per heavy atom. The monoisotopic (exact) mass is 412 g/mol. The second kappa shape index (κ2) is 9.30. The first kappa shape index (κ1) is 21.3. The van der Waals surface area contributed by atoms with Gasteiger partial charge in [0.05, 0.1) is 11.4 Å². The molecule has 0 atom stereocenters. The van der Waals surface area contributed by atoms with Crippen LogP contribution in [0.1, 0.15) is 24.5 Å². The third-order valence-electron chi connectivity index (χ3n) is 3.95. The van der Waals surface area contributed by atoms with Crippen LogP contribution in [-0.2, 0) is 21.4 Å². The molecule has 2 aromatic rings. The van der Waals surface area contributed by atoms with Crippen molar-refractivity contribution in [1.82, 2.24) is 9.62 Å². The number of nitrogens with one attached hydrogen (secondary N) is 1. The van der Waals surface area contributed by atoms with Crippen molar-refractivity contribution in [2.24, 2.45) is 0 Å². The molecule has 2 aromatic carbocycles. The minimum absolute atomic E-state index is 0.0261. The van der Waals surface area contributed by atoms with Crippen molar-refractivity contribution in [2.75, 3.05) is 13.1 Å². The zero-order valence-corrected chi connectivity index (χ0v) is 16.8. The fraction of sp³-hybridized carbons (Fsp3) is 0.316. The van der Waals surface area contributed by atoms with Gasteiger partial charge in [-0.2, -0.15) is 4.31 Å². The lowest BCUT2D eigenvalue weighted by Crippen LogP contribution is -2.40. The number of nitrogens with zero attached hydrogens (tertiary/aromatic N) is 1. The van der Waals surface area contributed by atoms with E-state index in [0.29, 0.717) is 6.54 Å². The molecule has 1 N–H and O–H groups in total. The van der Waals surface area contributed by atoms with E-state index in [2.05, 4.69) is 5.32 Å². The minimum Gasteiger partial charge on any atom is -0.355 e. The molecular weight excluding hydrogens is 391 g/mol. The summed E-state index contributed by atoms with van der Waals surface area (Å²) in [6.45, 7) is 3.38. The van der Waals surface area contributed by atoms with E-state index in [0.717, 1.165) is 16.3 Å². The van der Waals surface area contributed by atoms with Gasteiger partial charge in [-0.15, -0.1) is 0 Å². The Bertz CT molecular complexity index is 881. The van der Waals surface area contributed by atoms with Crippen LogP contribution in [0, 0.1) is 12.7 Å². The summed E-state index contributed by atoms with van der Waals surface area (Å²) in [5.74, 6) is -1.08. The van der Waals surface area contributed by atoms with Crippen molar-refractivity contribution in [1.29, 1.82) is 0 Å². The van der Waals surface area contributed by atoms with Crippen molar-refractivity contribution in [3.05, 3.63) is 64.4 Å². The van der Waals surface area contributed by atoms with Gasteiger partial charge < -0.3 is 5.32 Å². The van der Waals surface area contributed by atoms with Gasteiger partial charge in [0.1, 0.15) is 5.82 Å². The van der Waals surface area contributed by atoms with Crippen LogP contribution in [-0.4, -0.2) is 31.7 Å². The summed E-state index contributed by atoms with van der Waals surface area (Å²) in [7, 11) is -4.02. The Balaban J connectivity index is 2.39. The highest BCUT2D eigenvalue weighted by molar-refractivity contribution is 7.89. The summed E-state index contributed by atoms with van der Waals surface area (Å²) in [6.07, 6.45) is 0.718. The van der Waals surface area contributed by atoms with Crippen molar-refractivity contribution >= 4 is 27.5 Å². The minimum atomic E-state index is -4.02. The van der Waals surface area contributed by atoms with E-state index >= 15 is 0 Å². The molecule has 0 radical (unpaired) electrons. The Labute approximate surface area is 164 Å². The van der Waals surface area contributed by atoms with Crippen LogP contribution in [0.15, 0.2) is 47.4 Å². The number of hydrogen-bond donors (Lipinski definition) is 1. The lowest BCUT2D eigenvalue weighted by Gasteiger charge is -2.23. The first-order valence-electron chi connectivity index (χ1n) is 8.52. The summed E-state index contributed by atoms with van der Waals surface area (Å²) in [5.41, 5.74) is 0.927. The van der Waals surface area contributed by atoms with E-state index in [9.17, 15) is 17.6 Å². The molecule has 0 aromatic heterocycles. The quantitative estimate of drug-likeness (QED) is 0.721. The van der Waals surface area contributed by atoms with Crippen molar-refractivity contribution < 1.29 is 17.6 Å². The number of benzene rings is 2.